The van der Waals surface area contributed by atoms with Gasteiger partial charge in [-0.1, -0.05) is 244 Å². The van der Waals surface area contributed by atoms with Crippen molar-refractivity contribution in [3.8, 4) is 61.7 Å². The predicted molar refractivity (Wildman–Crippen MR) is 324 cm³/mol. The number of aromatic nitrogens is 3. The number of rotatable bonds is 6. The summed E-state index contributed by atoms with van der Waals surface area (Å²) in [5.41, 5.74) is 27.9. The minimum Gasteiger partial charge on any atom is -0.278 e. The molecule has 0 aliphatic heterocycles. The molecule has 0 N–H and O–H groups in total. The highest BCUT2D eigenvalue weighted by molar-refractivity contribution is 6.12. The fourth-order valence-corrected chi connectivity index (χ4v) is 13.6. The summed E-state index contributed by atoms with van der Waals surface area (Å²) >= 11 is 0. The van der Waals surface area contributed by atoms with E-state index in [2.05, 4.69) is 280 Å². The zero-order chi connectivity index (χ0) is 52.1. The van der Waals surface area contributed by atoms with Crippen molar-refractivity contribution in [3.63, 3.8) is 0 Å². The maximum absolute atomic E-state index is 5.36. The third-order valence-electron chi connectivity index (χ3n) is 17.3. The van der Waals surface area contributed by atoms with Gasteiger partial charge in [0.1, 0.15) is 0 Å². The van der Waals surface area contributed by atoms with Crippen LogP contribution in [0, 0.1) is 6.92 Å². The number of hydrogen-bond acceptors (Lipinski definition) is 2. The van der Waals surface area contributed by atoms with E-state index in [1.165, 1.54) is 105 Å². The van der Waals surface area contributed by atoms with Gasteiger partial charge in [-0.05, 0) is 139 Å². The van der Waals surface area contributed by atoms with Gasteiger partial charge in [-0.25, -0.2) is 9.97 Å². The van der Waals surface area contributed by atoms with Crippen molar-refractivity contribution in [2.24, 2.45) is 0 Å². The number of para-hydroxylation sites is 1. The molecule has 0 radical (unpaired) electrons. The van der Waals surface area contributed by atoms with Crippen LogP contribution in [-0.2, 0) is 23.7 Å². The lowest BCUT2D eigenvalue weighted by Crippen LogP contribution is -2.25. The van der Waals surface area contributed by atoms with E-state index in [9.17, 15) is 0 Å². The zero-order valence-electron chi connectivity index (χ0n) is 44.0. The quantitative estimate of drug-likeness (QED) is 0.166. The predicted octanol–water partition coefficient (Wildman–Crippen LogP) is 18.5. The number of hydrogen-bond donors (Lipinski definition) is 0. The minimum absolute atomic E-state index is 0.123. The molecular weight excluding hydrogens is 943 g/mol. The van der Waals surface area contributed by atoms with Crippen LogP contribution in [0.15, 0.2) is 255 Å². The topological polar surface area (TPSA) is 30.7 Å². The molecule has 3 nitrogen and oxygen atoms in total. The van der Waals surface area contributed by atoms with Crippen molar-refractivity contribution in [1.82, 2.24) is 14.5 Å². The number of fused-ring (bicyclic) bond motifs is 17. The first kappa shape index (κ1) is 45.9. The average Bonchev–Trinajstić information content (AvgIpc) is 4.37. The van der Waals surface area contributed by atoms with Gasteiger partial charge in [0, 0.05) is 27.1 Å². The molecule has 11 aromatic carbocycles. The van der Waals surface area contributed by atoms with E-state index in [-0.39, 0.29) is 10.8 Å². The Labute approximate surface area is 455 Å². The van der Waals surface area contributed by atoms with Crippen LogP contribution in [0.5, 0.6) is 0 Å². The molecule has 0 bridgehead atoms. The molecule has 0 unspecified atom stereocenters. The van der Waals surface area contributed by atoms with Crippen molar-refractivity contribution in [3.05, 3.63) is 305 Å². The van der Waals surface area contributed by atoms with Crippen LogP contribution >= 0.6 is 0 Å². The van der Waals surface area contributed by atoms with Gasteiger partial charge in [0.15, 0.2) is 0 Å². The lowest BCUT2D eigenvalue weighted by molar-refractivity contribution is 0.661. The molecular formula is C75H55N3. The Morgan fingerprint density at radius 1 is 0.346 bits per heavy atom. The number of nitrogens with zero attached hydrogens (tertiary/aromatic N) is 3. The van der Waals surface area contributed by atoms with Crippen LogP contribution in [0.1, 0.15) is 63.9 Å². The minimum atomic E-state index is -0.188. The molecule has 370 valence electrons. The monoisotopic (exact) mass is 997 g/mol. The third kappa shape index (κ3) is 6.97. The van der Waals surface area contributed by atoms with E-state index in [1.807, 2.05) is 0 Å². The molecule has 1 spiro atoms. The lowest BCUT2D eigenvalue weighted by atomic mass is 9.70. The number of benzene rings is 11. The second-order valence-corrected chi connectivity index (χ2v) is 22.0. The summed E-state index contributed by atoms with van der Waals surface area (Å²) in [7, 11) is 0. The van der Waals surface area contributed by atoms with Crippen molar-refractivity contribution in [2.45, 2.75) is 44.4 Å². The molecule has 0 atom stereocenters. The van der Waals surface area contributed by atoms with Crippen LogP contribution < -0.4 is 0 Å². The van der Waals surface area contributed by atoms with E-state index in [0.717, 1.165) is 46.0 Å². The fraction of sp³-hybridized carbons (Fsp3) is 0.0933. The highest BCUT2D eigenvalue weighted by atomic mass is 15.2. The van der Waals surface area contributed by atoms with E-state index in [1.54, 1.807) is 0 Å². The Morgan fingerprint density at radius 3 is 1.53 bits per heavy atom. The van der Waals surface area contributed by atoms with Gasteiger partial charge in [-0.3, -0.25) is 4.57 Å². The molecule has 2 aromatic heterocycles. The zero-order valence-corrected chi connectivity index (χ0v) is 44.0. The molecule has 3 aliphatic rings. The van der Waals surface area contributed by atoms with Gasteiger partial charge in [0.25, 0.3) is 0 Å². The molecule has 3 aliphatic carbocycles. The van der Waals surface area contributed by atoms with Crippen molar-refractivity contribution in [2.75, 3.05) is 0 Å². The first-order valence-electron chi connectivity index (χ1n) is 27.4. The van der Waals surface area contributed by atoms with Crippen molar-refractivity contribution < 1.29 is 0 Å². The Kier molecular flexibility index (Phi) is 10.5. The second kappa shape index (κ2) is 17.8. The molecule has 0 fully saturated rings. The second-order valence-electron chi connectivity index (χ2n) is 22.0. The summed E-state index contributed by atoms with van der Waals surface area (Å²) < 4.78 is 2.30. The van der Waals surface area contributed by atoms with Crippen LogP contribution in [0.3, 0.4) is 0 Å². The molecule has 0 amide bonds. The van der Waals surface area contributed by atoms with Crippen LogP contribution in [-0.4, -0.2) is 14.5 Å². The Morgan fingerprint density at radius 2 is 0.846 bits per heavy atom. The van der Waals surface area contributed by atoms with Gasteiger partial charge in [0.2, 0.25) is 5.95 Å². The molecule has 13 aromatic rings. The normalized spacial score (nSPS) is 13.6. The summed E-state index contributed by atoms with van der Waals surface area (Å²) in [6.07, 6.45) is 1.93. The highest BCUT2D eigenvalue weighted by Crippen LogP contribution is 2.62. The summed E-state index contributed by atoms with van der Waals surface area (Å²) in [6.45, 7) is 6.88. The summed E-state index contributed by atoms with van der Waals surface area (Å²) in [5.74, 6) is 0.692. The molecule has 3 heteroatoms. The standard InChI is InChI=1S/C49H37N3.C26H18/c1-49(2)42-19-11-9-17-37(42)39-30-41-40-29-33(22-21-32-23-26-35(27-24-32)34-13-5-3-6-14-34)25-28-45(40)52(46(41)31-43(39)49)48-50-44-20-12-10-18-38(44)47(51-48)36-15-7-4-8-16-36;1-17-14-15-25-21(16-17)20-10-4-7-13-24(20)26(25)22-11-5-2-8-18(22)19-9-3-6-12-23(19)26/h3-20,23-31H,21-22H2,1-2H3;2-16H,1H3. The SMILES string of the molecule is CC1(C)c2ccccc2-c2cc3c4cc(CCc5ccc(-c6ccccc6)cc5)ccc4n(-c4nc(-c5ccccc5)c5ccccc5n4)c3cc21.Cc1ccc2c(c1)-c1ccccc1C21c2ccccc2-c2ccccc21. The maximum Gasteiger partial charge on any atom is 0.235 e. The van der Waals surface area contributed by atoms with Gasteiger partial charge >= 0.3 is 0 Å². The third-order valence-corrected chi connectivity index (χ3v) is 17.3. The average molecular weight is 998 g/mol. The van der Waals surface area contributed by atoms with Gasteiger partial charge in [-0.2, -0.15) is 0 Å². The smallest absolute Gasteiger partial charge is 0.235 e. The fourth-order valence-electron chi connectivity index (χ4n) is 13.6. The van der Waals surface area contributed by atoms with Gasteiger partial charge in [-0.15, -0.1) is 0 Å². The highest BCUT2D eigenvalue weighted by Gasteiger charge is 2.51. The largest absolute Gasteiger partial charge is 0.278 e. The molecule has 16 rings (SSSR count). The molecule has 2 heterocycles. The summed E-state index contributed by atoms with van der Waals surface area (Å²) in [6, 6.07) is 93.0. The van der Waals surface area contributed by atoms with E-state index >= 15 is 0 Å². The van der Waals surface area contributed by atoms with Crippen LogP contribution in [0.2, 0.25) is 0 Å². The molecule has 0 saturated heterocycles. The Bertz CT molecular complexity index is 4480. The Hall–Kier alpha value is -9.44. The first-order valence-corrected chi connectivity index (χ1v) is 27.4. The lowest BCUT2D eigenvalue weighted by Gasteiger charge is -2.30. The molecule has 78 heavy (non-hydrogen) atoms. The van der Waals surface area contributed by atoms with E-state index < -0.39 is 0 Å². The summed E-state index contributed by atoms with van der Waals surface area (Å²) in [4.78, 5) is 10.6. The van der Waals surface area contributed by atoms with Gasteiger partial charge < -0.3 is 0 Å². The van der Waals surface area contributed by atoms with E-state index in [0.29, 0.717) is 5.95 Å². The number of aryl methyl sites for hydroxylation is 3. The van der Waals surface area contributed by atoms with Crippen LogP contribution in [0.4, 0.5) is 0 Å². The van der Waals surface area contributed by atoms with Gasteiger partial charge in [0.05, 0.1) is 27.7 Å². The van der Waals surface area contributed by atoms with Crippen molar-refractivity contribution in [1.29, 1.82) is 0 Å². The van der Waals surface area contributed by atoms with Crippen molar-refractivity contribution >= 4 is 32.7 Å². The maximum atomic E-state index is 5.36. The Balaban J connectivity index is 0.000000169. The van der Waals surface area contributed by atoms with E-state index in [4.69, 9.17) is 9.97 Å². The van der Waals surface area contributed by atoms with Crippen LogP contribution in [0.25, 0.3) is 94.4 Å². The molecule has 0 saturated carbocycles. The summed E-state index contributed by atoms with van der Waals surface area (Å²) in [5, 5.41) is 3.51. The first-order chi connectivity index (χ1) is 38.3.